The van der Waals surface area contributed by atoms with E-state index in [1.165, 1.54) is 0 Å². The van der Waals surface area contributed by atoms with Gasteiger partial charge in [0.15, 0.2) is 0 Å². The minimum atomic E-state index is -1.07. The van der Waals surface area contributed by atoms with Gasteiger partial charge >= 0.3 is 6.09 Å². The van der Waals surface area contributed by atoms with Crippen molar-refractivity contribution in [3.05, 3.63) is 35.4 Å². The van der Waals surface area contributed by atoms with Gasteiger partial charge in [-0.3, -0.25) is 10.2 Å². The van der Waals surface area contributed by atoms with E-state index < -0.39 is 6.09 Å². The lowest BCUT2D eigenvalue weighted by atomic mass is 10.1. The number of rotatable bonds is 4. The van der Waals surface area contributed by atoms with Crippen LogP contribution in [-0.2, 0) is 11.3 Å². The van der Waals surface area contributed by atoms with Gasteiger partial charge in [0, 0.05) is 25.2 Å². The second kappa shape index (κ2) is 6.88. The summed E-state index contributed by atoms with van der Waals surface area (Å²) in [4.78, 5) is 22.4. The Hall–Kier alpha value is -2.12. The lowest BCUT2D eigenvalue weighted by Gasteiger charge is -2.26. The van der Waals surface area contributed by atoms with Crippen molar-refractivity contribution in [2.24, 2.45) is 0 Å². The highest BCUT2D eigenvalue weighted by molar-refractivity contribution is 5.93. The molecule has 0 aliphatic carbocycles. The van der Waals surface area contributed by atoms with Crippen molar-refractivity contribution in [1.82, 2.24) is 15.8 Å². The molecule has 1 heterocycles. The van der Waals surface area contributed by atoms with Crippen molar-refractivity contribution in [2.45, 2.75) is 6.54 Å². The van der Waals surface area contributed by atoms with Crippen molar-refractivity contribution in [2.75, 3.05) is 26.3 Å². The molecule has 1 aromatic carbocycles. The molecule has 0 spiro atoms. The second-order valence-corrected chi connectivity index (χ2v) is 4.40. The number of carbonyl (C=O) groups excluding carboxylic acids is 1. The molecule has 0 unspecified atom stereocenters. The summed E-state index contributed by atoms with van der Waals surface area (Å²) in [7, 11) is 0. The van der Waals surface area contributed by atoms with E-state index in [4.69, 9.17) is 9.84 Å². The van der Waals surface area contributed by atoms with Crippen LogP contribution in [0.5, 0.6) is 0 Å². The molecule has 1 aliphatic heterocycles. The summed E-state index contributed by atoms with van der Waals surface area (Å²) in [6.07, 6.45) is -1.07. The Morgan fingerprint density at radius 2 is 1.85 bits per heavy atom. The largest absolute Gasteiger partial charge is 0.465 e. The Balaban J connectivity index is 1.88. The van der Waals surface area contributed by atoms with Gasteiger partial charge in [-0.25, -0.2) is 9.80 Å². The van der Waals surface area contributed by atoms with Crippen LogP contribution in [0.25, 0.3) is 0 Å². The van der Waals surface area contributed by atoms with Gasteiger partial charge < -0.3 is 15.2 Å². The van der Waals surface area contributed by atoms with E-state index in [1.54, 1.807) is 24.3 Å². The molecule has 0 bridgehead atoms. The Morgan fingerprint density at radius 1 is 1.20 bits per heavy atom. The number of nitrogens with zero attached hydrogens (tertiary/aromatic N) is 1. The number of ether oxygens (including phenoxy) is 1. The summed E-state index contributed by atoms with van der Waals surface area (Å²) < 4.78 is 5.20. The molecule has 0 atom stereocenters. The van der Waals surface area contributed by atoms with Crippen LogP contribution in [0.15, 0.2) is 24.3 Å². The molecule has 2 rings (SSSR count). The lowest BCUT2D eigenvalue weighted by molar-refractivity contribution is 0.0126. The van der Waals surface area contributed by atoms with Crippen molar-refractivity contribution >= 4 is 12.0 Å². The Morgan fingerprint density at radius 3 is 2.45 bits per heavy atom. The molecule has 20 heavy (non-hydrogen) atoms. The Bertz CT molecular complexity index is 469. The maximum atomic E-state index is 12.0. The first kappa shape index (κ1) is 14.3. The Labute approximate surface area is 116 Å². The van der Waals surface area contributed by atoms with E-state index in [2.05, 4.69) is 10.7 Å². The van der Waals surface area contributed by atoms with Gasteiger partial charge in [-0.2, -0.15) is 0 Å². The topological polar surface area (TPSA) is 90.9 Å². The highest BCUT2D eigenvalue weighted by Gasteiger charge is 2.14. The molecular weight excluding hydrogens is 262 g/mol. The van der Waals surface area contributed by atoms with Crippen molar-refractivity contribution < 1.29 is 19.4 Å². The van der Waals surface area contributed by atoms with Crippen LogP contribution in [0.4, 0.5) is 4.79 Å². The van der Waals surface area contributed by atoms with E-state index in [9.17, 15) is 9.59 Å². The molecule has 1 fully saturated rings. The molecule has 1 aromatic rings. The monoisotopic (exact) mass is 279 g/mol. The summed E-state index contributed by atoms with van der Waals surface area (Å²) in [5.41, 5.74) is 4.15. The molecule has 0 radical (unpaired) electrons. The predicted molar refractivity (Wildman–Crippen MR) is 71.2 cm³/mol. The van der Waals surface area contributed by atoms with Gasteiger partial charge in [0.2, 0.25) is 0 Å². The fourth-order valence-corrected chi connectivity index (χ4v) is 1.83. The number of hydrogen-bond donors (Lipinski definition) is 3. The predicted octanol–water partition coefficient (Wildman–Crippen LogP) is 0.431. The number of amides is 2. The smallest absolute Gasteiger partial charge is 0.404 e. The van der Waals surface area contributed by atoms with Crippen LogP contribution in [0.2, 0.25) is 0 Å². The molecule has 1 aliphatic rings. The van der Waals surface area contributed by atoms with Gasteiger partial charge in [-0.1, -0.05) is 12.1 Å². The maximum absolute atomic E-state index is 12.0. The SMILES string of the molecule is O=C(O)NCc1ccc(C(=O)NN2CCOCC2)cc1. The van der Waals surface area contributed by atoms with Gasteiger partial charge in [0.25, 0.3) is 5.91 Å². The summed E-state index contributed by atoms with van der Waals surface area (Å²) in [6.45, 7) is 2.79. The molecule has 7 nitrogen and oxygen atoms in total. The van der Waals surface area contributed by atoms with E-state index in [-0.39, 0.29) is 12.5 Å². The van der Waals surface area contributed by atoms with Gasteiger partial charge in [0.1, 0.15) is 0 Å². The zero-order valence-corrected chi connectivity index (χ0v) is 11.0. The summed E-state index contributed by atoms with van der Waals surface area (Å²) in [5, 5.41) is 12.6. The second-order valence-electron chi connectivity index (χ2n) is 4.40. The first-order chi connectivity index (χ1) is 9.65. The molecule has 2 amide bonds. The third-order valence-electron chi connectivity index (χ3n) is 2.93. The van der Waals surface area contributed by atoms with E-state index in [0.717, 1.165) is 5.56 Å². The highest BCUT2D eigenvalue weighted by atomic mass is 16.5. The number of benzene rings is 1. The number of morpholine rings is 1. The number of carboxylic acid groups (broad SMARTS) is 1. The quantitative estimate of drug-likeness (QED) is 0.743. The van der Waals surface area contributed by atoms with Gasteiger partial charge in [-0.15, -0.1) is 0 Å². The number of hydrazine groups is 1. The molecule has 7 heteroatoms. The minimum Gasteiger partial charge on any atom is -0.465 e. The molecule has 0 saturated carbocycles. The van der Waals surface area contributed by atoms with Crippen LogP contribution < -0.4 is 10.7 Å². The van der Waals surface area contributed by atoms with Crippen LogP contribution >= 0.6 is 0 Å². The maximum Gasteiger partial charge on any atom is 0.404 e. The summed E-state index contributed by atoms with van der Waals surface area (Å²) in [6, 6.07) is 6.80. The molecule has 108 valence electrons. The molecule has 0 aromatic heterocycles. The van der Waals surface area contributed by atoms with Gasteiger partial charge in [-0.05, 0) is 17.7 Å². The molecular formula is C13H17N3O4. The third kappa shape index (κ3) is 4.22. The van der Waals surface area contributed by atoms with Crippen molar-refractivity contribution in [3.8, 4) is 0 Å². The molecule has 1 saturated heterocycles. The van der Waals surface area contributed by atoms with Crippen LogP contribution in [-0.4, -0.2) is 48.4 Å². The van der Waals surface area contributed by atoms with Gasteiger partial charge in [0.05, 0.1) is 13.2 Å². The average Bonchev–Trinajstić information content (AvgIpc) is 2.46. The van der Waals surface area contributed by atoms with Crippen molar-refractivity contribution in [3.63, 3.8) is 0 Å². The first-order valence-corrected chi connectivity index (χ1v) is 6.34. The highest BCUT2D eigenvalue weighted by Crippen LogP contribution is 2.05. The van der Waals surface area contributed by atoms with E-state index >= 15 is 0 Å². The summed E-state index contributed by atoms with van der Waals surface area (Å²) >= 11 is 0. The number of hydrogen-bond acceptors (Lipinski definition) is 4. The number of nitrogens with one attached hydrogen (secondary N) is 2. The van der Waals surface area contributed by atoms with E-state index in [0.29, 0.717) is 31.9 Å². The van der Waals surface area contributed by atoms with Crippen LogP contribution in [0.1, 0.15) is 15.9 Å². The standard InChI is InChI=1S/C13H17N3O4/c17-12(15-16-5-7-20-8-6-16)11-3-1-10(2-4-11)9-14-13(18)19/h1-4,14H,5-9H2,(H,15,17)(H,18,19). The average molecular weight is 279 g/mol. The van der Waals surface area contributed by atoms with Crippen molar-refractivity contribution in [1.29, 1.82) is 0 Å². The third-order valence-corrected chi connectivity index (χ3v) is 2.93. The summed E-state index contributed by atoms with van der Waals surface area (Å²) in [5.74, 6) is -0.176. The fraction of sp³-hybridized carbons (Fsp3) is 0.385. The van der Waals surface area contributed by atoms with Crippen LogP contribution in [0.3, 0.4) is 0 Å². The first-order valence-electron chi connectivity index (χ1n) is 6.34. The zero-order valence-electron chi connectivity index (χ0n) is 11.0. The van der Waals surface area contributed by atoms with Crippen LogP contribution in [0, 0.1) is 0 Å². The van der Waals surface area contributed by atoms with E-state index in [1.807, 2.05) is 5.01 Å². The zero-order chi connectivity index (χ0) is 14.4. The Kier molecular flexibility index (Phi) is 4.91. The minimum absolute atomic E-state index is 0.176. The molecule has 3 N–H and O–H groups in total. The number of carbonyl (C=O) groups is 2. The normalized spacial score (nSPS) is 15.6. The fourth-order valence-electron chi connectivity index (χ4n) is 1.83. The lowest BCUT2D eigenvalue weighted by Crippen LogP contribution is -2.48.